The average molecular weight is 265 g/mol. The van der Waals surface area contributed by atoms with Crippen LogP contribution < -0.4 is 15.2 Å². The van der Waals surface area contributed by atoms with Crippen LogP contribution in [0, 0.1) is 5.92 Å². The smallest absolute Gasteiger partial charge is 0.231 e. The largest absolute Gasteiger partial charge is 0.454 e. The van der Waals surface area contributed by atoms with E-state index in [-0.39, 0.29) is 0 Å². The molecule has 3 rings (SSSR count). The molecule has 1 unspecified atom stereocenters. The van der Waals surface area contributed by atoms with Crippen LogP contribution in [0.25, 0.3) is 0 Å². The maximum atomic E-state index is 6.00. The van der Waals surface area contributed by atoms with E-state index in [1.807, 2.05) is 6.07 Å². The molecule has 1 fully saturated rings. The molecule has 1 aromatic rings. The molecule has 1 atom stereocenters. The van der Waals surface area contributed by atoms with Crippen molar-refractivity contribution in [1.29, 1.82) is 0 Å². The summed E-state index contributed by atoms with van der Waals surface area (Å²) in [6, 6.07) is 6.27. The monoisotopic (exact) mass is 265 g/mol. The molecule has 2 aliphatic heterocycles. The number of hydrogen-bond acceptors (Lipinski definition) is 4. The molecule has 2 heterocycles. The fraction of sp³-hybridized carbons (Fsp3) is 0.571. The molecule has 4 heteroatoms. The van der Waals surface area contributed by atoms with Gasteiger partial charge in [-0.05, 0) is 60.4 Å². The van der Waals surface area contributed by atoms with Gasteiger partial charge in [-0.1, -0.05) is 6.07 Å². The lowest BCUT2D eigenvalue weighted by molar-refractivity contribution is 0.174. The summed E-state index contributed by atoms with van der Waals surface area (Å²) in [6.07, 6.45) is 2.56. The van der Waals surface area contributed by atoms with E-state index >= 15 is 0 Å². The minimum Gasteiger partial charge on any atom is -0.454 e. The van der Waals surface area contributed by atoms with Gasteiger partial charge in [-0.2, -0.15) is 11.8 Å². The molecular weight excluding hydrogens is 246 g/mol. The zero-order chi connectivity index (χ0) is 12.4. The highest BCUT2D eigenvalue weighted by Gasteiger charge is 2.25. The first-order chi connectivity index (χ1) is 8.88. The maximum Gasteiger partial charge on any atom is 0.231 e. The number of benzene rings is 1. The van der Waals surface area contributed by atoms with E-state index in [4.69, 9.17) is 15.2 Å². The summed E-state index contributed by atoms with van der Waals surface area (Å²) in [6.45, 7) is 1.06. The Balaban J connectivity index is 1.82. The van der Waals surface area contributed by atoms with Crippen molar-refractivity contribution in [3.63, 3.8) is 0 Å². The molecule has 18 heavy (non-hydrogen) atoms. The molecular formula is C14H19NO2S. The lowest BCUT2D eigenvalue weighted by Crippen LogP contribution is -2.24. The summed E-state index contributed by atoms with van der Waals surface area (Å²) in [5.41, 5.74) is 7.31. The van der Waals surface area contributed by atoms with Crippen molar-refractivity contribution in [3.05, 3.63) is 23.8 Å². The van der Waals surface area contributed by atoms with Gasteiger partial charge in [-0.15, -0.1) is 0 Å². The van der Waals surface area contributed by atoms with Crippen LogP contribution in [-0.4, -0.2) is 24.8 Å². The van der Waals surface area contributed by atoms with Crippen LogP contribution in [0.2, 0.25) is 0 Å². The summed E-state index contributed by atoms with van der Waals surface area (Å²) in [5.74, 6) is 5.44. The van der Waals surface area contributed by atoms with Crippen molar-refractivity contribution in [2.75, 3.05) is 24.8 Å². The van der Waals surface area contributed by atoms with E-state index < -0.39 is 0 Å². The molecule has 1 aromatic carbocycles. The van der Waals surface area contributed by atoms with Crippen molar-refractivity contribution in [2.24, 2.45) is 11.7 Å². The lowest BCUT2D eigenvalue weighted by atomic mass is 9.82. The van der Waals surface area contributed by atoms with E-state index in [1.165, 1.54) is 29.9 Å². The molecule has 2 aliphatic rings. The van der Waals surface area contributed by atoms with Gasteiger partial charge < -0.3 is 15.2 Å². The molecule has 0 aliphatic carbocycles. The van der Waals surface area contributed by atoms with Crippen molar-refractivity contribution in [2.45, 2.75) is 18.8 Å². The number of thioether (sulfide) groups is 1. The van der Waals surface area contributed by atoms with E-state index in [1.54, 1.807) is 0 Å². The van der Waals surface area contributed by atoms with Crippen LogP contribution in [0.1, 0.15) is 24.3 Å². The Hall–Kier alpha value is -0.870. The standard InChI is InChI=1S/C14H19NO2S/c15-8-12(10-3-5-18-6-4-10)11-1-2-13-14(7-11)17-9-16-13/h1-2,7,10,12H,3-6,8-9,15H2. The van der Waals surface area contributed by atoms with E-state index in [0.29, 0.717) is 12.7 Å². The van der Waals surface area contributed by atoms with E-state index in [9.17, 15) is 0 Å². The summed E-state index contributed by atoms with van der Waals surface area (Å²) in [4.78, 5) is 0. The summed E-state index contributed by atoms with van der Waals surface area (Å²) in [7, 11) is 0. The Kier molecular flexibility index (Phi) is 3.66. The predicted molar refractivity (Wildman–Crippen MR) is 74.4 cm³/mol. The summed E-state index contributed by atoms with van der Waals surface area (Å²) in [5, 5.41) is 0. The number of fused-ring (bicyclic) bond motifs is 1. The average Bonchev–Trinajstić information content (AvgIpc) is 2.88. The summed E-state index contributed by atoms with van der Waals surface area (Å²) < 4.78 is 10.8. The minimum atomic E-state index is 0.339. The maximum absolute atomic E-state index is 6.00. The van der Waals surface area contributed by atoms with Gasteiger partial charge in [0, 0.05) is 0 Å². The third kappa shape index (κ3) is 2.31. The molecule has 3 nitrogen and oxygen atoms in total. The zero-order valence-corrected chi connectivity index (χ0v) is 11.2. The van der Waals surface area contributed by atoms with Gasteiger partial charge in [0.1, 0.15) is 0 Å². The highest BCUT2D eigenvalue weighted by molar-refractivity contribution is 7.99. The van der Waals surface area contributed by atoms with Crippen LogP contribution >= 0.6 is 11.8 Å². The van der Waals surface area contributed by atoms with Crippen LogP contribution in [0.15, 0.2) is 18.2 Å². The van der Waals surface area contributed by atoms with Gasteiger partial charge in [0.25, 0.3) is 0 Å². The highest BCUT2D eigenvalue weighted by atomic mass is 32.2. The highest BCUT2D eigenvalue weighted by Crippen LogP contribution is 2.39. The zero-order valence-electron chi connectivity index (χ0n) is 10.4. The normalized spacial score (nSPS) is 20.9. The fourth-order valence-corrected chi connectivity index (χ4v) is 4.01. The number of hydrogen-bond donors (Lipinski definition) is 1. The Bertz CT molecular complexity index is 418. The third-order valence-corrected chi connectivity index (χ3v) is 4.96. The number of nitrogens with two attached hydrogens (primary N) is 1. The SMILES string of the molecule is NCC(c1ccc2c(c1)OCO2)C1CCSCC1. The molecule has 0 bridgehead atoms. The molecule has 0 saturated carbocycles. The van der Waals surface area contributed by atoms with Crippen molar-refractivity contribution < 1.29 is 9.47 Å². The first-order valence-corrected chi connectivity index (χ1v) is 7.71. The molecule has 2 N–H and O–H groups in total. The minimum absolute atomic E-state index is 0.339. The predicted octanol–water partition coefficient (Wildman–Crippen LogP) is 2.60. The van der Waals surface area contributed by atoms with Crippen molar-refractivity contribution in [3.8, 4) is 11.5 Å². The molecule has 0 radical (unpaired) electrons. The van der Waals surface area contributed by atoms with Gasteiger partial charge in [-0.25, -0.2) is 0 Å². The first-order valence-electron chi connectivity index (χ1n) is 6.56. The van der Waals surface area contributed by atoms with Gasteiger partial charge >= 0.3 is 0 Å². The Morgan fingerprint density at radius 3 is 2.78 bits per heavy atom. The van der Waals surface area contributed by atoms with Gasteiger partial charge in [0.15, 0.2) is 11.5 Å². The van der Waals surface area contributed by atoms with E-state index in [2.05, 4.69) is 23.9 Å². The second kappa shape index (κ2) is 5.41. The number of rotatable bonds is 3. The van der Waals surface area contributed by atoms with Crippen LogP contribution in [0.3, 0.4) is 0 Å². The molecule has 98 valence electrons. The van der Waals surface area contributed by atoms with Crippen molar-refractivity contribution in [1.82, 2.24) is 0 Å². The lowest BCUT2D eigenvalue weighted by Gasteiger charge is -2.29. The molecule has 0 spiro atoms. The quantitative estimate of drug-likeness (QED) is 0.912. The molecule has 0 aromatic heterocycles. The number of ether oxygens (including phenoxy) is 2. The van der Waals surface area contributed by atoms with Crippen LogP contribution in [0.4, 0.5) is 0 Å². The molecule has 0 amide bonds. The Morgan fingerprint density at radius 1 is 1.22 bits per heavy atom. The van der Waals surface area contributed by atoms with Gasteiger partial charge in [-0.3, -0.25) is 0 Å². The third-order valence-electron chi connectivity index (χ3n) is 3.91. The van der Waals surface area contributed by atoms with Gasteiger partial charge in [0.2, 0.25) is 6.79 Å². The van der Waals surface area contributed by atoms with Crippen molar-refractivity contribution >= 4 is 11.8 Å². The second-order valence-electron chi connectivity index (χ2n) is 4.90. The second-order valence-corrected chi connectivity index (χ2v) is 6.13. The Morgan fingerprint density at radius 2 is 2.00 bits per heavy atom. The first kappa shape index (κ1) is 12.2. The topological polar surface area (TPSA) is 44.5 Å². The van der Waals surface area contributed by atoms with E-state index in [0.717, 1.165) is 24.0 Å². The Labute approximate surface area is 112 Å². The van der Waals surface area contributed by atoms with Gasteiger partial charge in [0.05, 0.1) is 0 Å². The van der Waals surface area contributed by atoms with Crippen LogP contribution in [0.5, 0.6) is 11.5 Å². The molecule has 1 saturated heterocycles. The fourth-order valence-electron chi connectivity index (χ4n) is 2.86. The van der Waals surface area contributed by atoms with Crippen LogP contribution in [-0.2, 0) is 0 Å². The summed E-state index contributed by atoms with van der Waals surface area (Å²) >= 11 is 2.06.